The topological polar surface area (TPSA) is 24.7 Å². The van der Waals surface area contributed by atoms with Crippen molar-refractivity contribution in [3.8, 4) is 0 Å². The van der Waals surface area contributed by atoms with Crippen molar-refractivity contribution in [2.24, 2.45) is 9.98 Å². The van der Waals surface area contributed by atoms with Crippen LogP contribution in [0.5, 0.6) is 0 Å². The van der Waals surface area contributed by atoms with Crippen LogP contribution in [0.25, 0.3) is 0 Å². The van der Waals surface area contributed by atoms with Gasteiger partial charge in [-0.25, -0.2) is 0 Å². The van der Waals surface area contributed by atoms with E-state index < -0.39 is 0 Å². The van der Waals surface area contributed by atoms with Gasteiger partial charge in [-0.15, -0.1) is 0 Å². The molecule has 0 aliphatic heterocycles. The number of hydrogen-bond acceptors (Lipinski definition) is 2. The molecule has 0 aromatic heterocycles. The van der Waals surface area contributed by atoms with Crippen molar-refractivity contribution >= 4 is 56.9 Å². The van der Waals surface area contributed by atoms with Gasteiger partial charge >= 0.3 is 0 Å². The van der Waals surface area contributed by atoms with E-state index >= 15 is 0 Å². The quantitative estimate of drug-likeness (QED) is 0.255. The summed E-state index contributed by atoms with van der Waals surface area (Å²) >= 11 is 4.53. The maximum atomic E-state index is 4.43. The first-order chi connectivity index (χ1) is 13.3. The molecule has 0 unspecified atom stereocenters. The van der Waals surface area contributed by atoms with Crippen molar-refractivity contribution < 1.29 is 0 Å². The Morgan fingerprint density at radius 2 is 1.15 bits per heavy atom. The predicted molar refractivity (Wildman–Crippen MR) is 133 cm³/mol. The summed E-state index contributed by atoms with van der Waals surface area (Å²) in [5.41, 5.74) is 1.61. The lowest BCUT2D eigenvalue weighted by Gasteiger charge is -1.95. The van der Waals surface area contributed by atoms with Gasteiger partial charge in [0, 0.05) is 7.15 Å². The molecule has 0 bridgehead atoms. The number of aliphatic imine (C=N–C) groups is 2. The van der Waals surface area contributed by atoms with Crippen molar-refractivity contribution in [2.75, 3.05) is 0 Å². The second-order valence-electron chi connectivity index (χ2n) is 5.15. The van der Waals surface area contributed by atoms with Crippen LogP contribution in [-0.4, -0.2) is 6.01 Å². The molecule has 0 fully saturated rings. The Bertz CT molecular complexity index is 940. The minimum Gasteiger partial charge on any atom is -0.186 e. The van der Waals surface area contributed by atoms with Gasteiger partial charge < -0.3 is 0 Å². The van der Waals surface area contributed by atoms with E-state index in [1.54, 1.807) is 0 Å². The Morgan fingerprint density at radius 1 is 0.593 bits per heavy atom. The molecule has 0 atom stereocenters. The minimum absolute atomic E-state index is 0.802. The first-order valence-electron chi connectivity index (χ1n) is 8.26. The molecule has 0 saturated heterocycles. The first-order valence-corrected chi connectivity index (χ1v) is 10.4. The molecule has 134 valence electrons. The maximum absolute atomic E-state index is 4.43. The maximum Gasteiger partial charge on any atom is 0.101 e. The largest absolute Gasteiger partial charge is 0.186 e. The Hall–Kier alpha value is -2.02. The van der Waals surface area contributed by atoms with Gasteiger partial charge in [0.2, 0.25) is 0 Å². The number of rotatable bonds is 2. The lowest BCUT2D eigenvalue weighted by atomic mass is 10.3. The smallest absolute Gasteiger partial charge is 0.101 e. The molecule has 0 saturated carbocycles. The number of allylic oxidation sites excluding steroid dienone is 11. The summed E-state index contributed by atoms with van der Waals surface area (Å²) < 4.78 is 2.02. The molecule has 1 aliphatic rings. The van der Waals surface area contributed by atoms with Crippen LogP contribution in [0.1, 0.15) is 0 Å². The standard InChI is InChI=1S/C23H18I2N2/c24-20-15-11-7-3-1-2-4-9-13-17-22(20)26-19-27-23-18-14-10-6-5-8-12-16-21(23)25/h1-18H/b2-1-,3-1?,4-2?,6-5?,7-3-,8-5?,9-4-,10-6?,11-7?,12-8?,13-9?,14-10?,15-11?,16-12?,17-13-,18-14?,20-15?,21-16?,22-17?,22-20?,23-18?,23-21?. The summed E-state index contributed by atoms with van der Waals surface area (Å²) in [5.74, 6) is 0. The number of nitrogens with zero attached hydrogens (tertiary/aromatic N) is 2. The van der Waals surface area contributed by atoms with E-state index in [1.165, 1.54) is 0 Å². The lowest BCUT2D eigenvalue weighted by Crippen LogP contribution is -1.76. The summed E-state index contributed by atoms with van der Waals surface area (Å²) in [5, 5.41) is 0. The predicted octanol–water partition coefficient (Wildman–Crippen LogP) is 7.66. The fourth-order valence-corrected chi connectivity index (χ4v) is 2.88. The van der Waals surface area contributed by atoms with Crippen LogP contribution in [0, 0.1) is 3.57 Å². The zero-order valence-electron chi connectivity index (χ0n) is 14.5. The molecular formula is C23H18I2N2. The van der Waals surface area contributed by atoms with E-state index in [1.807, 2.05) is 109 Å². The highest BCUT2D eigenvalue weighted by molar-refractivity contribution is 14.1. The number of halogens is 2. The van der Waals surface area contributed by atoms with Crippen LogP contribution in [0.15, 0.2) is 129 Å². The van der Waals surface area contributed by atoms with Crippen LogP contribution in [0.4, 0.5) is 5.69 Å². The van der Waals surface area contributed by atoms with Crippen molar-refractivity contribution in [3.05, 3.63) is 122 Å². The normalized spacial score (nSPS) is 18.0. The van der Waals surface area contributed by atoms with Crippen molar-refractivity contribution in [1.82, 2.24) is 0 Å². The van der Waals surface area contributed by atoms with Gasteiger partial charge in [-0.2, -0.15) is 9.98 Å². The molecule has 0 heterocycles. The van der Waals surface area contributed by atoms with E-state index in [2.05, 4.69) is 61.2 Å². The minimum atomic E-state index is 0.802. The van der Waals surface area contributed by atoms with E-state index in [0.29, 0.717) is 0 Å². The Labute approximate surface area is 187 Å². The average Bonchev–Trinajstić information content (AvgIpc) is 2.66. The first kappa shape index (κ1) is 21.3. The zero-order valence-corrected chi connectivity index (χ0v) is 18.9. The fraction of sp³-hybridized carbons (Fsp3) is 0. The van der Waals surface area contributed by atoms with Gasteiger partial charge in [-0.1, -0.05) is 85.0 Å². The molecular weight excluding hydrogens is 558 g/mol. The molecule has 0 radical (unpaired) electrons. The molecule has 1 aromatic carbocycles. The highest BCUT2D eigenvalue weighted by Gasteiger charge is 1.95. The van der Waals surface area contributed by atoms with Crippen LogP contribution in [-0.2, 0) is 0 Å². The molecule has 0 N–H and O–H groups in total. The summed E-state index contributed by atoms with van der Waals surface area (Å²) in [6, 6.07) is 18.6. The molecule has 0 spiro atoms. The molecule has 4 heteroatoms. The van der Waals surface area contributed by atoms with Gasteiger partial charge in [0.1, 0.15) is 6.01 Å². The van der Waals surface area contributed by atoms with Crippen LogP contribution < -0.4 is 0 Å². The van der Waals surface area contributed by atoms with E-state index in [-0.39, 0.29) is 0 Å². The third-order valence-electron chi connectivity index (χ3n) is 3.16. The summed E-state index contributed by atoms with van der Waals surface area (Å²) in [7, 11) is 0. The van der Waals surface area contributed by atoms with E-state index in [0.717, 1.165) is 18.5 Å². The van der Waals surface area contributed by atoms with Gasteiger partial charge in [0.25, 0.3) is 0 Å². The van der Waals surface area contributed by atoms with Gasteiger partial charge in [0.15, 0.2) is 0 Å². The molecule has 27 heavy (non-hydrogen) atoms. The monoisotopic (exact) mass is 576 g/mol. The Kier molecular flexibility index (Phi) is 10.4. The molecule has 0 amide bonds. The average molecular weight is 576 g/mol. The summed E-state index contributed by atoms with van der Waals surface area (Å²) in [6.07, 6.45) is 19.8. The second-order valence-corrected chi connectivity index (χ2v) is 7.48. The van der Waals surface area contributed by atoms with E-state index in [9.17, 15) is 0 Å². The zero-order chi connectivity index (χ0) is 19.2. The number of hydrogen-bond donors (Lipinski definition) is 0. The van der Waals surface area contributed by atoms with E-state index in [4.69, 9.17) is 0 Å². The van der Waals surface area contributed by atoms with Crippen LogP contribution in [0.3, 0.4) is 0 Å². The molecule has 2 rings (SSSR count). The van der Waals surface area contributed by atoms with Crippen molar-refractivity contribution in [3.63, 3.8) is 0 Å². The van der Waals surface area contributed by atoms with Crippen LogP contribution >= 0.6 is 45.2 Å². The molecule has 1 aromatic rings. The third kappa shape index (κ3) is 8.95. The molecule has 1 aliphatic carbocycles. The van der Waals surface area contributed by atoms with Gasteiger partial charge in [-0.05, 0) is 69.5 Å². The highest BCUT2D eigenvalue weighted by Crippen LogP contribution is 2.19. The third-order valence-corrected chi connectivity index (χ3v) is 4.98. The van der Waals surface area contributed by atoms with Gasteiger partial charge in [-0.3, -0.25) is 0 Å². The summed E-state index contributed by atoms with van der Waals surface area (Å²) in [4.78, 5) is 8.85. The van der Waals surface area contributed by atoms with Gasteiger partial charge in [0.05, 0.1) is 11.4 Å². The fourth-order valence-electron chi connectivity index (χ4n) is 1.86. The highest BCUT2D eigenvalue weighted by atomic mass is 127. The molecule has 2 nitrogen and oxygen atoms in total. The van der Waals surface area contributed by atoms with Crippen LogP contribution in [0.2, 0.25) is 0 Å². The summed E-state index contributed by atoms with van der Waals surface area (Å²) in [6.45, 7) is 0. The SMILES string of the molecule is IC1=C(N=C=Nc2ccccccccc2I)\C=C/C=C\C=C/C=C\C=C1. The van der Waals surface area contributed by atoms with Crippen molar-refractivity contribution in [2.45, 2.75) is 0 Å². The lowest BCUT2D eigenvalue weighted by molar-refractivity contribution is 1.40. The van der Waals surface area contributed by atoms with Crippen molar-refractivity contribution in [1.29, 1.82) is 0 Å². The Morgan fingerprint density at radius 3 is 1.85 bits per heavy atom. The Balaban J connectivity index is 2.40. The second kappa shape index (κ2) is 13.2.